The molecule has 1 atom stereocenters. The number of hydrogen-bond donors (Lipinski definition) is 1. The minimum absolute atomic E-state index is 0.115. The Morgan fingerprint density at radius 1 is 1.04 bits per heavy atom. The molecule has 28 heavy (non-hydrogen) atoms. The van der Waals surface area contributed by atoms with Gasteiger partial charge in [-0.3, -0.25) is 0 Å². The van der Waals surface area contributed by atoms with Crippen LogP contribution in [0.1, 0.15) is 10.9 Å². The first-order chi connectivity index (χ1) is 13.7. The molecular weight excluding hydrogens is 372 g/mol. The zero-order valence-electron chi connectivity index (χ0n) is 15.8. The molecule has 1 heterocycles. The third-order valence-electron chi connectivity index (χ3n) is 4.88. The topological polar surface area (TPSA) is 50.8 Å². The van der Waals surface area contributed by atoms with Crippen LogP contribution in [0.4, 0.5) is 10.5 Å². The highest BCUT2D eigenvalue weighted by atomic mass is 32.2. The second-order valence-electron chi connectivity index (χ2n) is 6.46. The van der Waals surface area contributed by atoms with Crippen molar-refractivity contribution in [1.29, 1.82) is 0 Å². The molecule has 1 aliphatic heterocycles. The third kappa shape index (κ3) is 3.36. The molecule has 1 saturated heterocycles. The van der Waals surface area contributed by atoms with Gasteiger partial charge in [0.1, 0.15) is 5.37 Å². The average Bonchev–Trinajstić information content (AvgIpc) is 3.23. The molecule has 0 bridgehead atoms. The van der Waals surface area contributed by atoms with E-state index < -0.39 is 0 Å². The number of rotatable bonds is 4. The van der Waals surface area contributed by atoms with Crippen LogP contribution < -0.4 is 14.8 Å². The molecule has 0 aliphatic carbocycles. The van der Waals surface area contributed by atoms with E-state index in [-0.39, 0.29) is 11.4 Å². The van der Waals surface area contributed by atoms with Crippen LogP contribution in [0.15, 0.2) is 60.7 Å². The van der Waals surface area contributed by atoms with Crippen LogP contribution in [-0.2, 0) is 0 Å². The van der Waals surface area contributed by atoms with Gasteiger partial charge in [-0.15, -0.1) is 11.8 Å². The SMILES string of the molecule is COc1cccc([C@H]2SCCN2C(=O)Nc2cccc3ccccc23)c1OC. The Kier molecular flexibility index (Phi) is 5.30. The number of para-hydroxylation sites is 1. The van der Waals surface area contributed by atoms with Crippen molar-refractivity contribution in [3.05, 3.63) is 66.2 Å². The third-order valence-corrected chi connectivity index (χ3v) is 6.12. The van der Waals surface area contributed by atoms with Gasteiger partial charge in [0.15, 0.2) is 11.5 Å². The minimum Gasteiger partial charge on any atom is -0.493 e. The van der Waals surface area contributed by atoms with Gasteiger partial charge in [-0.05, 0) is 17.5 Å². The highest BCUT2D eigenvalue weighted by Crippen LogP contribution is 2.45. The lowest BCUT2D eigenvalue weighted by molar-refractivity contribution is 0.213. The van der Waals surface area contributed by atoms with Gasteiger partial charge in [-0.1, -0.05) is 48.5 Å². The molecule has 1 N–H and O–H groups in total. The van der Waals surface area contributed by atoms with Crippen molar-refractivity contribution in [2.24, 2.45) is 0 Å². The molecule has 1 aliphatic rings. The molecule has 3 aromatic rings. The van der Waals surface area contributed by atoms with E-state index in [1.54, 1.807) is 26.0 Å². The van der Waals surface area contributed by atoms with E-state index in [1.165, 1.54) is 0 Å². The lowest BCUT2D eigenvalue weighted by Gasteiger charge is -2.26. The summed E-state index contributed by atoms with van der Waals surface area (Å²) in [4.78, 5) is 15.0. The first kappa shape index (κ1) is 18.5. The fourth-order valence-corrected chi connectivity index (χ4v) is 4.84. The summed E-state index contributed by atoms with van der Waals surface area (Å²) in [6, 6.07) is 19.6. The molecule has 144 valence electrons. The van der Waals surface area contributed by atoms with E-state index in [0.29, 0.717) is 18.0 Å². The number of urea groups is 1. The first-order valence-electron chi connectivity index (χ1n) is 9.11. The Hall–Kier alpha value is -2.86. The Labute approximate surface area is 168 Å². The van der Waals surface area contributed by atoms with Gasteiger partial charge in [-0.25, -0.2) is 4.79 Å². The zero-order valence-corrected chi connectivity index (χ0v) is 16.7. The number of anilines is 1. The van der Waals surface area contributed by atoms with Crippen LogP contribution in [0, 0.1) is 0 Å². The monoisotopic (exact) mass is 394 g/mol. The van der Waals surface area contributed by atoms with Crippen LogP contribution in [-0.4, -0.2) is 37.4 Å². The van der Waals surface area contributed by atoms with Gasteiger partial charge in [0.25, 0.3) is 0 Å². The van der Waals surface area contributed by atoms with Gasteiger partial charge in [-0.2, -0.15) is 0 Å². The first-order valence-corrected chi connectivity index (χ1v) is 10.2. The van der Waals surface area contributed by atoms with E-state index >= 15 is 0 Å². The number of hydrogen-bond acceptors (Lipinski definition) is 4. The van der Waals surface area contributed by atoms with Crippen LogP contribution in [0.5, 0.6) is 11.5 Å². The summed E-state index contributed by atoms with van der Waals surface area (Å²) in [5, 5.41) is 5.10. The number of carbonyl (C=O) groups excluding carboxylic acids is 1. The fourth-order valence-electron chi connectivity index (χ4n) is 3.56. The van der Waals surface area contributed by atoms with Crippen LogP contribution in [0.25, 0.3) is 10.8 Å². The standard InChI is InChI=1S/C22H22N2O3S/c1-26-19-12-6-10-17(20(19)27-2)21-24(13-14-28-21)22(25)23-18-11-5-8-15-7-3-4-9-16(15)18/h3-12,21H,13-14H2,1-2H3,(H,23,25)/t21-/m1/s1. The molecular formula is C22H22N2O3S. The Balaban J connectivity index is 1.63. The van der Waals surface area contributed by atoms with E-state index in [4.69, 9.17) is 9.47 Å². The number of amides is 2. The summed E-state index contributed by atoms with van der Waals surface area (Å²) < 4.78 is 11.0. The average molecular weight is 394 g/mol. The number of nitrogens with zero attached hydrogens (tertiary/aromatic N) is 1. The molecule has 0 aromatic heterocycles. The highest BCUT2D eigenvalue weighted by Gasteiger charge is 2.33. The fraction of sp³-hybridized carbons (Fsp3) is 0.227. The van der Waals surface area contributed by atoms with Gasteiger partial charge >= 0.3 is 6.03 Å². The Morgan fingerprint density at radius 3 is 2.64 bits per heavy atom. The lowest BCUT2D eigenvalue weighted by Crippen LogP contribution is -2.34. The molecule has 5 nitrogen and oxygen atoms in total. The van der Waals surface area contributed by atoms with Crippen molar-refractivity contribution in [1.82, 2.24) is 4.90 Å². The van der Waals surface area contributed by atoms with E-state index in [1.807, 2.05) is 65.6 Å². The number of fused-ring (bicyclic) bond motifs is 1. The minimum atomic E-state index is -0.125. The smallest absolute Gasteiger partial charge is 0.323 e. The number of benzene rings is 3. The van der Waals surface area contributed by atoms with Gasteiger partial charge in [0.05, 0.1) is 19.9 Å². The molecule has 0 saturated carbocycles. The normalized spacial score (nSPS) is 16.2. The van der Waals surface area contributed by atoms with Crippen LogP contribution in [0.2, 0.25) is 0 Å². The summed E-state index contributed by atoms with van der Waals surface area (Å²) in [5.74, 6) is 2.21. The van der Waals surface area contributed by atoms with Crippen molar-refractivity contribution < 1.29 is 14.3 Å². The quantitative estimate of drug-likeness (QED) is 0.666. The summed E-state index contributed by atoms with van der Waals surface area (Å²) in [6.45, 7) is 0.673. The lowest BCUT2D eigenvalue weighted by atomic mass is 10.1. The second kappa shape index (κ2) is 8.02. The second-order valence-corrected chi connectivity index (χ2v) is 7.64. The van der Waals surface area contributed by atoms with Crippen molar-refractivity contribution in [2.45, 2.75) is 5.37 Å². The highest BCUT2D eigenvalue weighted by molar-refractivity contribution is 7.99. The maximum absolute atomic E-state index is 13.1. The summed E-state index contributed by atoms with van der Waals surface area (Å²) in [7, 11) is 3.25. The summed E-state index contributed by atoms with van der Waals surface area (Å²) >= 11 is 1.72. The predicted octanol–water partition coefficient (Wildman–Crippen LogP) is 5.14. The maximum Gasteiger partial charge on any atom is 0.323 e. The van der Waals surface area contributed by atoms with Crippen molar-refractivity contribution in [3.8, 4) is 11.5 Å². The molecule has 0 unspecified atom stereocenters. The zero-order chi connectivity index (χ0) is 19.5. The molecule has 0 spiro atoms. The van der Waals surface area contributed by atoms with E-state index in [9.17, 15) is 4.79 Å². The molecule has 4 rings (SSSR count). The van der Waals surface area contributed by atoms with E-state index in [0.717, 1.165) is 27.8 Å². The Bertz CT molecular complexity index is 1000. The maximum atomic E-state index is 13.1. The summed E-state index contributed by atoms with van der Waals surface area (Å²) in [5.41, 5.74) is 1.76. The number of ether oxygens (including phenoxy) is 2. The van der Waals surface area contributed by atoms with Gasteiger partial charge in [0.2, 0.25) is 0 Å². The molecule has 1 fully saturated rings. The van der Waals surface area contributed by atoms with Crippen molar-refractivity contribution in [2.75, 3.05) is 31.8 Å². The van der Waals surface area contributed by atoms with Crippen LogP contribution >= 0.6 is 11.8 Å². The summed E-state index contributed by atoms with van der Waals surface area (Å²) in [6.07, 6.45) is 0. The predicted molar refractivity (Wildman–Crippen MR) is 114 cm³/mol. The van der Waals surface area contributed by atoms with Gasteiger partial charge in [0, 0.05) is 23.2 Å². The molecule has 2 amide bonds. The largest absolute Gasteiger partial charge is 0.493 e. The number of nitrogens with one attached hydrogen (secondary N) is 1. The number of methoxy groups -OCH3 is 2. The molecule has 3 aromatic carbocycles. The van der Waals surface area contributed by atoms with E-state index in [2.05, 4.69) is 5.32 Å². The molecule has 0 radical (unpaired) electrons. The van der Waals surface area contributed by atoms with Crippen LogP contribution in [0.3, 0.4) is 0 Å². The van der Waals surface area contributed by atoms with Crippen molar-refractivity contribution >= 4 is 34.3 Å². The number of thioether (sulfide) groups is 1. The number of carbonyl (C=O) groups is 1. The Morgan fingerprint density at radius 2 is 1.82 bits per heavy atom. The van der Waals surface area contributed by atoms with Gasteiger partial charge < -0.3 is 19.7 Å². The molecule has 6 heteroatoms. The van der Waals surface area contributed by atoms with Crippen molar-refractivity contribution in [3.63, 3.8) is 0 Å².